The number of fused-ring (bicyclic) bond motifs is 2. The Kier molecular flexibility index (Phi) is 26.0. The first kappa shape index (κ1) is 68.8. The van der Waals surface area contributed by atoms with Gasteiger partial charge >= 0.3 is 35.9 Å². The van der Waals surface area contributed by atoms with E-state index in [-0.39, 0.29) is 79.8 Å². The van der Waals surface area contributed by atoms with Gasteiger partial charge in [0.2, 0.25) is 0 Å². The summed E-state index contributed by atoms with van der Waals surface area (Å²) in [6.07, 6.45) is 7.97. The molecule has 2 aromatic carbocycles. The number of carboxylic acid groups (broad SMARTS) is 2. The zero-order chi connectivity index (χ0) is 62.1. The fourth-order valence-corrected chi connectivity index (χ4v) is 12.8. The standard InChI is InChI=1S/C28H32ClFN6O6S.C17H14BrClFN3O2S.C12H20N2O4.CH3/c1-2-42-27(39)22-20(32-25(26-31-7-12-43-26)33-24(22)18-5-3-6-19(30)23(18)29)15-34-9-10-36-17(13-34)14-35(28(36)40)8-4-11-41-16-21(37)38;1-2-25-17(24)12-11(8-18)22-15(16-21-6-7-26-16)23-14(12)9-4-3-5-10(20)13(9)19;15-11(16)9-18-7-3-5-13-8-10-4-1-2-6-14(10)12(13)17;/h3,5-7,12,17,24H,2,4,8-11,13-16H2,1H3,(H,32,33)(H,37,38);3-7,14H,2,8H2,1H3,(H,22,23);10H,1-9H2,(H,15,16);1H3/q;;;-1/t17?,24-;14-;;/m00../s1. The molecule has 30 heteroatoms. The SMILES string of the molecule is CCOC(=O)C1=C(CBr)NC(c2nccs2)=N[C@H]1c1cccc(F)c1Cl.CCOC(=O)C1=C(CN2CCN3C(=O)N(CCCOCC(=O)O)CC3C2)NC(c2nccs2)=N[C@H]1c1cccc(F)c1Cl.O=C(O)COCCCN1CC2CCCCN2C1=O.[CH3-]. The predicted octanol–water partition coefficient (Wildman–Crippen LogP) is 8.21. The van der Waals surface area contributed by atoms with Crippen LogP contribution in [-0.4, -0.2) is 208 Å². The second-order valence-corrected chi connectivity index (χ2v) is 23.4. The van der Waals surface area contributed by atoms with Crippen LogP contribution in [0.4, 0.5) is 18.4 Å². The summed E-state index contributed by atoms with van der Waals surface area (Å²) in [6, 6.07) is 7.56. The summed E-state index contributed by atoms with van der Waals surface area (Å²) in [6.45, 7) is 9.11. The molecule has 4 amide bonds. The van der Waals surface area contributed by atoms with Gasteiger partial charge < -0.3 is 66.8 Å². The Morgan fingerprint density at radius 3 is 1.65 bits per heavy atom. The minimum Gasteiger partial charge on any atom is -0.480 e. The quantitative estimate of drug-likeness (QED) is 0.0236. The molecule has 0 radical (unpaired) electrons. The second kappa shape index (κ2) is 33.2. The molecule has 4 N–H and O–H groups in total. The maximum atomic E-state index is 14.6. The van der Waals surface area contributed by atoms with Crippen LogP contribution in [0.2, 0.25) is 10.0 Å². The molecule has 4 atom stereocenters. The van der Waals surface area contributed by atoms with Crippen LogP contribution in [0.3, 0.4) is 0 Å². The van der Waals surface area contributed by atoms with Crippen molar-refractivity contribution in [3.05, 3.63) is 132 Å². The normalized spacial score (nSPS) is 19.9. The molecule has 4 aromatic rings. The zero-order valence-corrected chi connectivity index (χ0v) is 53.4. The number of carbonyl (C=O) groups is 6. The van der Waals surface area contributed by atoms with Crippen molar-refractivity contribution < 1.29 is 66.7 Å². The molecule has 0 spiro atoms. The number of amides is 4. The minimum atomic E-state index is -1.03. The van der Waals surface area contributed by atoms with Crippen LogP contribution in [0.15, 0.2) is 92.1 Å². The number of aliphatic imine (C=N–C) groups is 2. The first-order valence-electron chi connectivity index (χ1n) is 28.2. The predicted molar refractivity (Wildman–Crippen MR) is 331 cm³/mol. The lowest BCUT2D eigenvalue weighted by atomic mass is 9.95. The van der Waals surface area contributed by atoms with Crippen molar-refractivity contribution in [3.63, 3.8) is 0 Å². The van der Waals surface area contributed by atoms with E-state index in [2.05, 4.69) is 46.4 Å². The molecule has 0 aliphatic carbocycles. The minimum absolute atomic E-state index is 0. The Balaban J connectivity index is 0.000000208. The average molecular weight is 1370 g/mol. The van der Waals surface area contributed by atoms with E-state index < -0.39 is 47.6 Å². The van der Waals surface area contributed by atoms with Crippen molar-refractivity contribution in [2.45, 2.75) is 70.1 Å². The number of urea groups is 2. The molecule has 8 heterocycles. The molecule has 6 aliphatic rings. The molecular weight excluding hydrogens is 1300 g/mol. The van der Waals surface area contributed by atoms with Crippen molar-refractivity contribution in [1.82, 2.24) is 45.1 Å². The first-order chi connectivity index (χ1) is 42.0. The third kappa shape index (κ3) is 17.4. The number of esters is 2. The second-order valence-electron chi connectivity index (χ2n) is 20.3. The van der Waals surface area contributed by atoms with E-state index in [1.165, 1.54) is 53.4 Å². The Morgan fingerprint density at radius 2 is 1.18 bits per heavy atom. The molecule has 476 valence electrons. The topological polar surface area (TPSA) is 271 Å². The van der Waals surface area contributed by atoms with Crippen LogP contribution in [0.1, 0.15) is 79.2 Å². The van der Waals surface area contributed by atoms with E-state index in [0.717, 1.165) is 25.9 Å². The molecular formula is C58H69BrCl2F2N11O12S2-. The van der Waals surface area contributed by atoms with E-state index in [1.807, 2.05) is 25.5 Å². The van der Waals surface area contributed by atoms with E-state index in [0.29, 0.717) is 121 Å². The molecule has 23 nitrogen and oxygen atoms in total. The number of benzene rings is 2. The molecule has 88 heavy (non-hydrogen) atoms. The highest BCUT2D eigenvalue weighted by Crippen LogP contribution is 2.40. The molecule has 0 saturated carbocycles. The highest BCUT2D eigenvalue weighted by atomic mass is 79.9. The fraction of sp³-hybridized carbons (Fsp3) is 0.466. The summed E-state index contributed by atoms with van der Waals surface area (Å²) < 4.78 is 49.3. The maximum absolute atomic E-state index is 14.6. The molecule has 6 aliphatic heterocycles. The molecule has 2 unspecified atom stereocenters. The number of amidine groups is 2. The first-order valence-corrected chi connectivity index (χ1v) is 31.8. The number of carboxylic acids is 2. The number of piperidine rings is 1. The number of aliphatic carboxylic acids is 2. The monoisotopic (exact) mass is 1360 g/mol. The number of rotatable bonds is 23. The van der Waals surface area contributed by atoms with Crippen molar-refractivity contribution in [3.8, 4) is 0 Å². The summed E-state index contributed by atoms with van der Waals surface area (Å²) in [5.41, 5.74) is 2.39. The average Bonchev–Trinajstić information content (AvgIpc) is 1.12. The number of hydrogen-bond acceptors (Lipinski definition) is 19. The zero-order valence-electron chi connectivity index (χ0n) is 48.6. The van der Waals surface area contributed by atoms with E-state index in [4.69, 9.17) is 57.4 Å². The number of ether oxygens (including phenoxy) is 4. The Hall–Kier alpha value is -6.66. The maximum Gasteiger partial charge on any atom is 0.338 e. The number of nitrogens with zero attached hydrogens (tertiary/aromatic N) is 9. The lowest BCUT2D eigenvalue weighted by Crippen LogP contribution is -2.53. The van der Waals surface area contributed by atoms with Gasteiger partial charge in [0, 0.05) is 123 Å². The third-order valence-corrected chi connectivity index (χ3v) is 17.5. The molecule has 4 saturated heterocycles. The molecule has 2 aromatic heterocycles. The number of allylic oxidation sites excluding steroid dienone is 1. The highest BCUT2D eigenvalue weighted by molar-refractivity contribution is 9.09. The van der Waals surface area contributed by atoms with Gasteiger partial charge in [-0.15, -0.1) is 22.7 Å². The molecule has 0 bridgehead atoms. The van der Waals surface area contributed by atoms with Crippen LogP contribution in [0.5, 0.6) is 0 Å². The van der Waals surface area contributed by atoms with Gasteiger partial charge in [0.25, 0.3) is 0 Å². The van der Waals surface area contributed by atoms with Crippen LogP contribution in [-0.2, 0) is 38.1 Å². The largest absolute Gasteiger partial charge is 0.480 e. The fourth-order valence-electron chi connectivity index (χ4n) is 10.7. The molecule has 10 rings (SSSR count). The van der Waals surface area contributed by atoms with Crippen LogP contribution >= 0.6 is 61.8 Å². The number of halogens is 5. The van der Waals surface area contributed by atoms with Crippen LogP contribution in [0, 0.1) is 19.1 Å². The van der Waals surface area contributed by atoms with Crippen molar-refractivity contribution >= 4 is 109 Å². The summed E-state index contributed by atoms with van der Waals surface area (Å²) in [5.74, 6) is -3.35. The third-order valence-electron chi connectivity index (χ3n) is 14.6. The summed E-state index contributed by atoms with van der Waals surface area (Å²) in [4.78, 5) is 99.5. The van der Waals surface area contributed by atoms with Gasteiger partial charge in [0.1, 0.15) is 36.9 Å². The Labute approximate surface area is 534 Å². The Morgan fingerprint density at radius 1 is 0.693 bits per heavy atom. The number of alkyl halides is 1. The number of aromatic nitrogens is 2. The van der Waals surface area contributed by atoms with Gasteiger partial charge in [-0.3, -0.25) is 14.9 Å². The number of hydrogen-bond donors (Lipinski definition) is 4. The van der Waals surface area contributed by atoms with Crippen LogP contribution < -0.4 is 10.6 Å². The lowest BCUT2D eigenvalue weighted by molar-refractivity contribution is -0.143. The summed E-state index contributed by atoms with van der Waals surface area (Å²) in [7, 11) is 0. The van der Waals surface area contributed by atoms with Crippen LogP contribution in [0.25, 0.3) is 0 Å². The van der Waals surface area contributed by atoms with Gasteiger partial charge in [-0.25, -0.2) is 47.5 Å². The van der Waals surface area contributed by atoms with Crippen molar-refractivity contribution in [2.24, 2.45) is 9.98 Å². The van der Waals surface area contributed by atoms with E-state index >= 15 is 0 Å². The Bertz CT molecular complexity index is 3240. The lowest BCUT2D eigenvalue weighted by Gasteiger charge is -2.38. The number of piperazine rings is 1. The smallest absolute Gasteiger partial charge is 0.338 e. The van der Waals surface area contributed by atoms with Gasteiger partial charge in [0.15, 0.2) is 21.7 Å². The molecule has 4 fully saturated rings. The van der Waals surface area contributed by atoms with Gasteiger partial charge in [0.05, 0.1) is 46.5 Å². The van der Waals surface area contributed by atoms with Gasteiger partial charge in [-0.2, -0.15) is 0 Å². The summed E-state index contributed by atoms with van der Waals surface area (Å²) >= 11 is 18.7. The highest BCUT2D eigenvalue weighted by Gasteiger charge is 2.43. The summed E-state index contributed by atoms with van der Waals surface area (Å²) in [5, 5.41) is 28.6. The number of nitrogens with one attached hydrogen (secondary N) is 2. The number of thiazole rings is 2. The number of carbonyl (C=O) groups excluding carboxylic acids is 4. The van der Waals surface area contributed by atoms with E-state index in [1.54, 1.807) is 43.3 Å². The van der Waals surface area contributed by atoms with Gasteiger partial charge in [-0.1, -0.05) is 63.4 Å². The van der Waals surface area contributed by atoms with E-state index in [9.17, 15) is 37.5 Å². The van der Waals surface area contributed by atoms with Crippen molar-refractivity contribution in [2.75, 3.05) is 104 Å². The van der Waals surface area contributed by atoms with Crippen molar-refractivity contribution in [1.29, 1.82) is 0 Å². The van der Waals surface area contributed by atoms with Gasteiger partial charge in [-0.05, 0) is 58.1 Å².